The van der Waals surface area contributed by atoms with E-state index in [1.165, 1.54) is 0 Å². The highest BCUT2D eigenvalue weighted by molar-refractivity contribution is 5.95. The van der Waals surface area contributed by atoms with Gasteiger partial charge in [-0.05, 0) is 44.5 Å². The predicted octanol–water partition coefficient (Wildman–Crippen LogP) is 2.56. The Kier molecular flexibility index (Phi) is 5.36. The van der Waals surface area contributed by atoms with Gasteiger partial charge in [0.15, 0.2) is 0 Å². The molecule has 0 aliphatic rings. The lowest BCUT2D eigenvalue weighted by Crippen LogP contribution is -2.29. The Morgan fingerprint density at radius 1 is 1.17 bits per heavy atom. The van der Waals surface area contributed by atoms with Crippen molar-refractivity contribution in [3.05, 3.63) is 29.8 Å². The van der Waals surface area contributed by atoms with E-state index in [0.717, 1.165) is 12.1 Å². The summed E-state index contributed by atoms with van der Waals surface area (Å²) in [6.45, 7) is 5.79. The third kappa shape index (κ3) is 4.57. The highest BCUT2D eigenvalue weighted by Crippen LogP contribution is 2.10. The van der Waals surface area contributed by atoms with Gasteiger partial charge in [-0.3, -0.25) is 9.59 Å². The highest BCUT2D eigenvalue weighted by atomic mass is 16.2. The van der Waals surface area contributed by atoms with Crippen molar-refractivity contribution in [3.8, 4) is 0 Å². The van der Waals surface area contributed by atoms with Crippen LogP contribution in [-0.2, 0) is 4.79 Å². The number of carbonyl (C=O) groups excluding carboxylic acids is 2. The van der Waals surface area contributed by atoms with E-state index in [2.05, 4.69) is 10.6 Å². The number of hydrogen-bond acceptors (Lipinski definition) is 2. The number of benzene rings is 1. The van der Waals surface area contributed by atoms with Gasteiger partial charge >= 0.3 is 0 Å². The van der Waals surface area contributed by atoms with Gasteiger partial charge in [0.25, 0.3) is 5.91 Å². The summed E-state index contributed by atoms with van der Waals surface area (Å²) in [5, 5.41) is 5.59. The van der Waals surface area contributed by atoms with Gasteiger partial charge in [0.2, 0.25) is 5.91 Å². The van der Waals surface area contributed by atoms with Gasteiger partial charge in [0.1, 0.15) is 0 Å². The molecule has 0 aliphatic heterocycles. The largest absolute Gasteiger partial charge is 0.350 e. The molecule has 0 radical (unpaired) electrons. The van der Waals surface area contributed by atoms with Crippen LogP contribution in [0.25, 0.3) is 0 Å². The van der Waals surface area contributed by atoms with Crippen LogP contribution in [0.4, 0.5) is 5.69 Å². The summed E-state index contributed by atoms with van der Waals surface area (Å²) in [7, 11) is 0. The summed E-state index contributed by atoms with van der Waals surface area (Å²) >= 11 is 0. The average molecular weight is 248 g/mol. The molecule has 0 spiro atoms. The van der Waals surface area contributed by atoms with Crippen LogP contribution in [0.2, 0.25) is 0 Å². The third-order valence-electron chi connectivity index (χ3n) is 2.33. The topological polar surface area (TPSA) is 58.2 Å². The van der Waals surface area contributed by atoms with Crippen LogP contribution in [0.1, 0.15) is 44.0 Å². The van der Waals surface area contributed by atoms with Crippen molar-refractivity contribution < 1.29 is 9.59 Å². The van der Waals surface area contributed by atoms with Crippen LogP contribution in [0.3, 0.4) is 0 Å². The average Bonchev–Trinajstić information content (AvgIpc) is 2.29. The summed E-state index contributed by atoms with van der Waals surface area (Å²) < 4.78 is 0. The quantitative estimate of drug-likeness (QED) is 0.841. The monoisotopic (exact) mass is 248 g/mol. The van der Waals surface area contributed by atoms with E-state index in [4.69, 9.17) is 0 Å². The minimum atomic E-state index is -0.101. The van der Waals surface area contributed by atoms with Gasteiger partial charge in [-0.15, -0.1) is 0 Å². The lowest BCUT2D eigenvalue weighted by molar-refractivity contribution is -0.116. The Morgan fingerprint density at radius 2 is 1.78 bits per heavy atom. The zero-order valence-corrected chi connectivity index (χ0v) is 11.1. The van der Waals surface area contributed by atoms with Crippen molar-refractivity contribution in [2.75, 3.05) is 5.32 Å². The van der Waals surface area contributed by atoms with Crippen molar-refractivity contribution in [3.63, 3.8) is 0 Å². The molecule has 0 bridgehead atoms. The normalized spacial score (nSPS) is 10.2. The van der Waals surface area contributed by atoms with Crippen LogP contribution in [0.15, 0.2) is 24.3 Å². The number of rotatable bonds is 5. The van der Waals surface area contributed by atoms with Crippen molar-refractivity contribution in [2.24, 2.45) is 0 Å². The van der Waals surface area contributed by atoms with Gasteiger partial charge in [-0.2, -0.15) is 0 Å². The molecule has 18 heavy (non-hydrogen) atoms. The number of hydrogen-bond donors (Lipinski definition) is 2. The molecule has 2 amide bonds. The Bertz CT molecular complexity index is 410. The molecule has 1 rings (SSSR count). The van der Waals surface area contributed by atoms with Gasteiger partial charge in [-0.1, -0.05) is 6.92 Å². The summed E-state index contributed by atoms with van der Waals surface area (Å²) in [6, 6.07) is 7.01. The molecule has 4 nitrogen and oxygen atoms in total. The van der Waals surface area contributed by atoms with E-state index < -0.39 is 0 Å². The van der Waals surface area contributed by atoms with Crippen LogP contribution in [-0.4, -0.2) is 17.9 Å². The Hall–Kier alpha value is -1.84. The Morgan fingerprint density at radius 3 is 2.28 bits per heavy atom. The lowest BCUT2D eigenvalue weighted by Gasteiger charge is -2.09. The molecule has 0 saturated heterocycles. The molecular weight excluding hydrogens is 228 g/mol. The zero-order chi connectivity index (χ0) is 13.5. The Balaban J connectivity index is 2.62. The molecule has 0 atom stereocenters. The fourth-order valence-corrected chi connectivity index (χ4v) is 1.50. The summed E-state index contributed by atoms with van der Waals surface area (Å²) in [5.74, 6) is -0.103. The van der Waals surface area contributed by atoms with Crippen LogP contribution >= 0.6 is 0 Å². The molecule has 0 saturated carbocycles. The van der Waals surface area contributed by atoms with E-state index in [1.807, 2.05) is 20.8 Å². The maximum absolute atomic E-state index is 11.7. The highest BCUT2D eigenvalue weighted by Gasteiger charge is 2.07. The number of nitrogens with one attached hydrogen (secondary N) is 2. The molecule has 1 aromatic carbocycles. The predicted molar refractivity (Wildman–Crippen MR) is 72.6 cm³/mol. The van der Waals surface area contributed by atoms with Gasteiger partial charge in [0, 0.05) is 23.7 Å². The van der Waals surface area contributed by atoms with E-state index >= 15 is 0 Å². The molecule has 0 fully saturated rings. The second kappa shape index (κ2) is 6.79. The minimum absolute atomic E-state index is 0.00289. The van der Waals surface area contributed by atoms with Crippen LogP contribution in [0, 0.1) is 0 Å². The van der Waals surface area contributed by atoms with Crippen molar-refractivity contribution in [1.29, 1.82) is 0 Å². The maximum Gasteiger partial charge on any atom is 0.251 e. The van der Waals surface area contributed by atoms with Crippen molar-refractivity contribution in [1.82, 2.24) is 5.32 Å². The maximum atomic E-state index is 11.7. The molecule has 0 aromatic heterocycles. The fraction of sp³-hybridized carbons (Fsp3) is 0.429. The Labute approximate surface area is 108 Å². The molecule has 1 aromatic rings. The number of anilines is 1. The molecule has 0 unspecified atom stereocenters. The first-order valence-electron chi connectivity index (χ1n) is 6.23. The van der Waals surface area contributed by atoms with E-state index in [-0.39, 0.29) is 17.9 Å². The molecule has 0 heterocycles. The van der Waals surface area contributed by atoms with Gasteiger partial charge in [0.05, 0.1) is 0 Å². The molecular formula is C14H20N2O2. The molecule has 0 aliphatic carbocycles. The summed E-state index contributed by atoms with van der Waals surface area (Å²) in [6.07, 6.45) is 1.33. The number of carbonyl (C=O) groups is 2. The standard InChI is InChI=1S/C14H20N2O2/c1-4-5-13(17)16-12-8-6-11(7-9-12)14(18)15-10(2)3/h6-10H,4-5H2,1-3H3,(H,15,18)(H,16,17). The van der Waals surface area contributed by atoms with E-state index in [1.54, 1.807) is 24.3 Å². The van der Waals surface area contributed by atoms with Crippen molar-refractivity contribution >= 4 is 17.5 Å². The fourth-order valence-electron chi connectivity index (χ4n) is 1.50. The third-order valence-corrected chi connectivity index (χ3v) is 2.33. The molecule has 2 N–H and O–H groups in total. The lowest BCUT2D eigenvalue weighted by atomic mass is 10.2. The zero-order valence-electron chi connectivity index (χ0n) is 11.1. The summed E-state index contributed by atoms with van der Waals surface area (Å²) in [4.78, 5) is 23.1. The number of amides is 2. The van der Waals surface area contributed by atoms with Crippen LogP contribution < -0.4 is 10.6 Å². The minimum Gasteiger partial charge on any atom is -0.350 e. The second-order valence-corrected chi connectivity index (χ2v) is 4.50. The SMILES string of the molecule is CCCC(=O)Nc1ccc(C(=O)NC(C)C)cc1. The summed E-state index contributed by atoms with van der Waals surface area (Å²) in [5.41, 5.74) is 1.31. The van der Waals surface area contributed by atoms with Crippen LogP contribution in [0.5, 0.6) is 0 Å². The smallest absolute Gasteiger partial charge is 0.251 e. The second-order valence-electron chi connectivity index (χ2n) is 4.50. The van der Waals surface area contributed by atoms with Gasteiger partial charge in [-0.25, -0.2) is 0 Å². The molecule has 4 heteroatoms. The van der Waals surface area contributed by atoms with E-state index in [9.17, 15) is 9.59 Å². The first-order chi connectivity index (χ1) is 8.52. The van der Waals surface area contributed by atoms with Gasteiger partial charge < -0.3 is 10.6 Å². The first kappa shape index (κ1) is 14.2. The first-order valence-corrected chi connectivity index (χ1v) is 6.23. The van der Waals surface area contributed by atoms with Crippen molar-refractivity contribution in [2.45, 2.75) is 39.7 Å². The molecule has 98 valence electrons. The van der Waals surface area contributed by atoms with E-state index in [0.29, 0.717) is 12.0 Å².